The lowest BCUT2D eigenvalue weighted by Gasteiger charge is -2.36. The van der Waals surface area contributed by atoms with Crippen molar-refractivity contribution in [3.63, 3.8) is 0 Å². The molecule has 1 aromatic rings. The molecule has 20 heavy (non-hydrogen) atoms. The minimum Gasteiger partial charge on any atom is -0.483 e. The standard InChI is InChI=1S/C15H19NO4/c1-10(2)12-5-3-4-6-13(12)20-9-14(17)16-7-11(8-16)15(18)19/h3-6,10-11H,7-9H2,1-2H3,(H,18,19). The lowest BCUT2D eigenvalue weighted by Crippen LogP contribution is -2.54. The first-order chi connectivity index (χ1) is 9.49. The molecule has 0 radical (unpaired) electrons. The van der Waals surface area contributed by atoms with Crippen LogP contribution in [0.25, 0.3) is 0 Å². The predicted molar refractivity (Wildman–Crippen MR) is 73.7 cm³/mol. The summed E-state index contributed by atoms with van der Waals surface area (Å²) < 4.78 is 5.57. The fourth-order valence-corrected chi connectivity index (χ4v) is 2.16. The molecule has 0 aromatic heterocycles. The van der Waals surface area contributed by atoms with Crippen molar-refractivity contribution < 1.29 is 19.4 Å². The third-order valence-electron chi connectivity index (χ3n) is 3.48. The Hall–Kier alpha value is -2.04. The minimum atomic E-state index is -0.847. The van der Waals surface area contributed by atoms with Gasteiger partial charge in [0.05, 0.1) is 5.92 Å². The summed E-state index contributed by atoms with van der Waals surface area (Å²) in [6, 6.07) is 7.64. The number of hydrogen-bond acceptors (Lipinski definition) is 3. The second-order valence-corrected chi connectivity index (χ2v) is 5.32. The molecule has 0 bridgehead atoms. The number of hydrogen-bond donors (Lipinski definition) is 1. The molecule has 1 N–H and O–H groups in total. The Kier molecular flexibility index (Phi) is 4.27. The normalized spacial score (nSPS) is 15.1. The Morgan fingerprint density at radius 2 is 2.00 bits per heavy atom. The number of amides is 1. The van der Waals surface area contributed by atoms with E-state index in [4.69, 9.17) is 9.84 Å². The van der Waals surface area contributed by atoms with Crippen LogP contribution in [-0.2, 0) is 9.59 Å². The molecule has 1 fully saturated rings. The number of carbonyl (C=O) groups is 2. The molecule has 108 valence electrons. The third kappa shape index (κ3) is 3.10. The minimum absolute atomic E-state index is 0.0456. The molecule has 2 rings (SSSR count). The van der Waals surface area contributed by atoms with Crippen LogP contribution in [-0.4, -0.2) is 41.6 Å². The summed E-state index contributed by atoms with van der Waals surface area (Å²) in [4.78, 5) is 24.0. The van der Waals surface area contributed by atoms with E-state index in [-0.39, 0.29) is 25.6 Å². The van der Waals surface area contributed by atoms with Gasteiger partial charge in [0.15, 0.2) is 6.61 Å². The van der Waals surface area contributed by atoms with E-state index in [2.05, 4.69) is 13.8 Å². The molecule has 0 aliphatic carbocycles. The molecule has 1 aliphatic rings. The molecule has 0 spiro atoms. The predicted octanol–water partition coefficient (Wildman–Crippen LogP) is 1.73. The van der Waals surface area contributed by atoms with Crippen LogP contribution in [0.1, 0.15) is 25.3 Å². The highest BCUT2D eigenvalue weighted by Gasteiger charge is 2.35. The second-order valence-electron chi connectivity index (χ2n) is 5.32. The van der Waals surface area contributed by atoms with E-state index in [0.29, 0.717) is 11.7 Å². The first-order valence-electron chi connectivity index (χ1n) is 6.71. The molecule has 0 unspecified atom stereocenters. The second kappa shape index (κ2) is 5.94. The topological polar surface area (TPSA) is 66.8 Å². The van der Waals surface area contributed by atoms with E-state index in [9.17, 15) is 9.59 Å². The highest BCUT2D eigenvalue weighted by molar-refractivity contribution is 5.82. The van der Waals surface area contributed by atoms with Gasteiger partial charge in [-0.05, 0) is 17.5 Å². The van der Waals surface area contributed by atoms with Crippen LogP contribution >= 0.6 is 0 Å². The maximum absolute atomic E-state index is 11.9. The van der Waals surface area contributed by atoms with Gasteiger partial charge in [-0.15, -0.1) is 0 Å². The van der Waals surface area contributed by atoms with Crippen LogP contribution < -0.4 is 4.74 Å². The van der Waals surface area contributed by atoms with Crippen LogP contribution in [0.3, 0.4) is 0 Å². The van der Waals surface area contributed by atoms with Crippen molar-refractivity contribution in [3.8, 4) is 5.75 Å². The van der Waals surface area contributed by atoms with Crippen LogP contribution in [0.15, 0.2) is 24.3 Å². The van der Waals surface area contributed by atoms with Crippen LogP contribution in [0, 0.1) is 5.92 Å². The van der Waals surface area contributed by atoms with Gasteiger partial charge in [0.1, 0.15) is 5.75 Å². The Balaban J connectivity index is 1.87. The van der Waals surface area contributed by atoms with E-state index in [0.717, 1.165) is 5.56 Å². The molecular formula is C15H19NO4. The van der Waals surface area contributed by atoms with Crippen LogP contribution in [0.5, 0.6) is 5.75 Å². The molecule has 5 nitrogen and oxygen atoms in total. The van der Waals surface area contributed by atoms with E-state index in [1.165, 1.54) is 4.90 Å². The highest BCUT2D eigenvalue weighted by Crippen LogP contribution is 2.26. The van der Waals surface area contributed by atoms with Gasteiger partial charge in [-0.2, -0.15) is 0 Å². The van der Waals surface area contributed by atoms with Crippen molar-refractivity contribution in [2.45, 2.75) is 19.8 Å². The van der Waals surface area contributed by atoms with E-state index in [1.54, 1.807) is 0 Å². The van der Waals surface area contributed by atoms with Crippen molar-refractivity contribution >= 4 is 11.9 Å². The largest absolute Gasteiger partial charge is 0.483 e. The Morgan fingerprint density at radius 3 is 2.60 bits per heavy atom. The van der Waals surface area contributed by atoms with Crippen LogP contribution in [0.2, 0.25) is 0 Å². The van der Waals surface area contributed by atoms with E-state index in [1.807, 2.05) is 24.3 Å². The number of rotatable bonds is 5. The number of carboxylic acid groups (broad SMARTS) is 1. The number of nitrogens with zero attached hydrogens (tertiary/aromatic N) is 1. The highest BCUT2D eigenvalue weighted by atomic mass is 16.5. The van der Waals surface area contributed by atoms with Gasteiger partial charge >= 0.3 is 5.97 Å². The lowest BCUT2D eigenvalue weighted by molar-refractivity contribution is -0.153. The summed E-state index contributed by atoms with van der Waals surface area (Å²) in [7, 11) is 0. The van der Waals surface area contributed by atoms with Crippen molar-refractivity contribution in [1.82, 2.24) is 4.90 Å². The van der Waals surface area contributed by atoms with Crippen molar-refractivity contribution in [1.29, 1.82) is 0 Å². The number of aliphatic carboxylic acids is 1. The zero-order valence-corrected chi connectivity index (χ0v) is 11.7. The monoisotopic (exact) mass is 277 g/mol. The average molecular weight is 277 g/mol. The number of para-hydroxylation sites is 1. The summed E-state index contributed by atoms with van der Waals surface area (Å²) in [5, 5.41) is 8.77. The number of likely N-dealkylation sites (tertiary alicyclic amines) is 1. The molecule has 5 heteroatoms. The first-order valence-corrected chi connectivity index (χ1v) is 6.71. The Bertz CT molecular complexity index is 506. The molecule has 1 saturated heterocycles. The molecular weight excluding hydrogens is 258 g/mol. The van der Waals surface area contributed by atoms with Crippen molar-refractivity contribution in [3.05, 3.63) is 29.8 Å². The van der Waals surface area contributed by atoms with Gasteiger partial charge in [-0.1, -0.05) is 32.0 Å². The van der Waals surface area contributed by atoms with Gasteiger partial charge < -0.3 is 14.7 Å². The van der Waals surface area contributed by atoms with Gasteiger partial charge in [0, 0.05) is 13.1 Å². The average Bonchev–Trinajstić information content (AvgIpc) is 2.34. The Morgan fingerprint density at radius 1 is 1.35 bits per heavy atom. The van der Waals surface area contributed by atoms with Gasteiger partial charge in [-0.3, -0.25) is 9.59 Å². The summed E-state index contributed by atoms with van der Waals surface area (Å²) in [6.07, 6.45) is 0. The molecule has 1 aliphatic heterocycles. The number of benzene rings is 1. The number of carbonyl (C=O) groups excluding carboxylic acids is 1. The maximum atomic E-state index is 11.9. The quantitative estimate of drug-likeness (QED) is 0.890. The SMILES string of the molecule is CC(C)c1ccccc1OCC(=O)N1CC(C(=O)O)C1. The fraction of sp³-hybridized carbons (Fsp3) is 0.467. The first kappa shape index (κ1) is 14.4. The zero-order valence-electron chi connectivity index (χ0n) is 11.7. The van der Waals surface area contributed by atoms with Crippen molar-refractivity contribution in [2.24, 2.45) is 5.92 Å². The third-order valence-corrected chi connectivity index (χ3v) is 3.48. The van der Waals surface area contributed by atoms with E-state index < -0.39 is 11.9 Å². The van der Waals surface area contributed by atoms with Crippen LogP contribution in [0.4, 0.5) is 0 Å². The van der Waals surface area contributed by atoms with E-state index >= 15 is 0 Å². The summed E-state index contributed by atoms with van der Waals surface area (Å²) in [5.41, 5.74) is 1.06. The van der Waals surface area contributed by atoms with Gasteiger partial charge in [0.25, 0.3) is 5.91 Å². The summed E-state index contributed by atoms with van der Waals surface area (Å²) >= 11 is 0. The molecule has 1 aromatic carbocycles. The van der Waals surface area contributed by atoms with Crippen molar-refractivity contribution in [2.75, 3.05) is 19.7 Å². The maximum Gasteiger partial charge on any atom is 0.310 e. The number of carboxylic acids is 1. The molecule has 1 amide bonds. The molecule has 1 heterocycles. The lowest BCUT2D eigenvalue weighted by atomic mass is 10.0. The number of ether oxygens (including phenoxy) is 1. The van der Waals surface area contributed by atoms with Gasteiger partial charge in [-0.25, -0.2) is 0 Å². The van der Waals surface area contributed by atoms with Gasteiger partial charge in [0.2, 0.25) is 0 Å². The fourth-order valence-electron chi connectivity index (χ4n) is 2.16. The zero-order chi connectivity index (χ0) is 14.7. The molecule has 0 saturated carbocycles. The summed E-state index contributed by atoms with van der Waals surface area (Å²) in [5.74, 6) is -0.407. The summed E-state index contributed by atoms with van der Waals surface area (Å²) in [6.45, 7) is 4.65. The molecule has 0 atom stereocenters. The Labute approximate surface area is 118 Å². The smallest absolute Gasteiger partial charge is 0.310 e.